The first-order valence-corrected chi connectivity index (χ1v) is 9.58. The molecule has 7 nitrogen and oxygen atoms in total. The Labute approximate surface area is 145 Å². The van der Waals surface area contributed by atoms with Crippen LogP contribution in [-0.4, -0.2) is 48.4 Å². The molecule has 3 rings (SSSR count). The molecule has 0 spiro atoms. The number of ketones is 1. The van der Waals surface area contributed by atoms with Crippen LogP contribution in [0.5, 0.6) is 0 Å². The lowest BCUT2D eigenvalue weighted by Gasteiger charge is -2.33. The Morgan fingerprint density at radius 1 is 1.20 bits per heavy atom. The average Bonchev–Trinajstić information content (AvgIpc) is 3.12. The van der Waals surface area contributed by atoms with Gasteiger partial charge >= 0.3 is 5.97 Å². The number of sulfonamides is 1. The maximum atomic E-state index is 12.4. The largest absolute Gasteiger partial charge is 0.456 e. The van der Waals surface area contributed by atoms with Crippen LogP contribution < -0.4 is 0 Å². The minimum atomic E-state index is -3.60. The second-order valence-electron chi connectivity index (χ2n) is 5.91. The molecular weight excluding hydrogens is 344 g/mol. The van der Waals surface area contributed by atoms with Gasteiger partial charge in [0.1, 0.15) is 6.04 Å². The third kappa shape index (κ3) is 3.80. The van der Waals surface area contributed by atoms with E-state index in [1.807, 2.05) is 24.3 Å². The van der Waals surface area contributed by atoms with E-state index in [9.17, 15) is 18.0 Å². The average molecular weight is 362 g/mol. The lowest BCUT2D eigenvalue weighted by molar-refractivity contribution is -0.147. The highest BCUT2D eigenvalue weighted by Gasteiger charge is 2.38. The number of carbonyl (C=O) groups is 2. The standard InChI is InChI=1S/C17H18N2O5S/c1-25(22,23)19-10-13-6-3-2-5-12(13)9-15(19)17(21)24-11-16(20)14-7-4-8-18-14/h2-8,15,18H,9-11H2,1H3/t15-/m1/s1. The molecule has 1 aliphatic rings. The first-order valence-electron chi connectivity index (χ1n) is 7.73. The first kappa shape index (κ1) is 17.4. The number of aromatic amines is 1. The van der Waals surface area contributed by atoms with Gasteiger partial charge in [0.2, 0.25) is 15.8 Å². The number of nitrogens with one attached hydrogen (secondary N) is 1. The summed E-state index contributed by atoms with van der Waals surface area (Å²) in [4.78, 5) is 27.1. The first-order chi connectivity index (χ1) is 11.9. The second-order valence-corrected chi connectivity index (χ2v) is 7.85. The minimum absolute atomic E-state index is 0.110. The zero-order chi connectivity index (χ0) is 18.0. The third-order valence-corrected chi connectivity index (χ3v) is 5.38. The van der Waals surface area contributed by atoms with E-state index in [1.165, 1.54) is 0 Å². The van der Waals surface area contributed by atoms with Crippen molar-refractivity contribution in [3.8, 4) is 0 Å². The van der Waals surface area contributed by atoms with E-state index in [2.05, 4.69) is 4.98 Å². The van der Waals surface area contributed by atoms with Crippen molar-refractivity contribution < 1.29 is 22.7 Å². The molecule has 8 heteroatoms. The van der Waals surface area contributed by atoms with E-state index < -0.39 is 28.6 Å². The van der Waals surface area contributed by atoms with Gasteiger partial charge in [-0.3, -0.25) is 9.59 Å². The van der Waals surface area contributed by atoms with Crippen molar-refractivity contribution in [1.82, 2.24) is 9.29 Å². The van der Waals surface area contributed by atoms with Gasteiger partial charge in [-0.25, -0.2) is 8.42 Å². The molecule has 0 saturated heterocycles. The molecule has 132 valence electrons. The summed E-state index contributed by atoms with van der Waals surface area (Å²) in [5, 5.41) is 0. The zero-order valence-corrected chi connectivity index (χ0v) is 14.5. The van der Waals surface area contributed by atoms with Gasteiger partial charge in [-0.1, -0.05) is 24.3 Å². The van der Waals surface area contributed by atoms with E-state index in [0.29, 0.717) is 5.69 Å². The molecule has 0 radical (unpaired) electrons. The fourth-order valence-corrected chi connectivity index (χ4v) is 3.86. The molecule has 0 fully saturated rings. The number of fused-ring (bicyclic) bond motifs is 1. The lowest BCUT2D eigenvalue weighted by Crippen LogP contribution is -2.49. The van der Waals surface area contributed by atoms with Crippen LogP contribution in [0.3, 0.4) is 0 Å². The Morgan fingerprint density at radius 2 is 1.92 bits per heavy atom. The van der Waals surface area contributed by atoms with E-state index in [-0.39, 0.29) is 18.7 Å². The van der Waals surface area contributed by atoms with Gasteiger partial charge in [0.15, 0.2) is 6.61 Å². The molecule has 2 heterocycles. The maximum Gasteiger partial charge on any atom is 0.325 e. The molecule has 0 amide bonds. The van der Waals surface area contributed by atoms with Crippen LogP contribution in [0.15, 0.2) is 42.6 Å². The molecule has 1 aromatic carbocycles. The van der Waals surface area contributed by atoms with Gasteiger partial charge in [0.05, 0.1) is 11.9 Å². The van der Waals surface area contributed by atoms with Crippen LogP contribution in [-0.2, 0) is 32.5 Å². The molecule has 1 N–H and O–H groups in total. The number of rotatable bonds is 5. The number of esters is 1. The summed E-state index contributed by atoms with van der Waals surface area (Å²) in [6.45, 7) is -0.325. The Hall–Kier alpha value is -2.45. The van der Waals surface area contributed by atoms with Crippen molar-refractivity contribution in [2.45, 2.75) is 19.0 Å². The molecule has 1 aliphatic heterocycles. The minimum Gasteiger partial charge on any atom is -0.456 e. The van der Waals surface area contributed by atoms with Gasteiger partial charge in [-0.05, 0) is 23.3 Å². The number of aromatic nitrogens is 1. The molecule has 25 heavy (non-hydrogen) atoms. The van der Waals surface area contributed by atoms with Gasteiger partial charge in [-0.15, -0.1) is 0 Å². The summed E-state index contributed by atoms with van der Waals surface area (Å²) in [5.41, 5.74) is 2.10. The van der Waals surface area contributed by atoms with Gasteiger partial charge in [0, 0.05) is 19.2 Å². The number of carbonyl (C=O) groups excluding carboxylic acids is 2. The predicted octanol–water partition coefficient (Wildman–Crippen LogP) is 1.13. The van der Waals surface area contributed by atoms with Crippen molar-refractivity contribution in [1.29, 1.82) is 0 Å². The van der Waals surface area contributed by atoms with E-state index in [0.717, 1.165) is 21.7 Å². The van der Waals surface area contributed by atoms with Gasteiger partial charge in [0.25, 0.3) is 0 Å². The molecule has 1 atom stereocenters. The van der Waals surface area contributed by atoms with Crippen LogP contribution >= 0.6 is 0 Å². The van der Waals surface area contributed by atoms with E-state index >= 15 is 0 Å². The molecule has 0 saturated carbocycles. The topological polar surface area (TPSA) is 96.5 Å². The highest BCUT2D eigenvalue weighted by atomic mass is 32.2. The summed E-state index contributed by atoms with van der Waals surface area (Å²) in [6.07, 6.45) is 2.88. The molecule has 1 aromatic heterocycles. The SMILES string of the molecule is CS(=O)(=O)N1Cc2ccccc2C[C@@H]1C(=O)OCC(=O)c1ccc[nH]1. The van der Waals surface area contributed by atoms with Crippen molar-refractivity contribution in [3.63, 3.8) is 0 Å². The Balaban J connectivity index is 1.76. The van der Waals surface area contributed by atoms with E-state index in [4.69, 9.17) is 4.74 Å². The summed E-state index contributed by atoms with van der Waals surface area (Å²) >= 11 is 0. The fraction of sp³-hybridized carbons (Fsp3) is 0.294. The van der Waals surface area contributed by atoms with Crippen molar-refractivity contribution in [2.24, 2.45) is 0 Å². The Morgan fingerprint density at radius 3 is 2.56 bits per heavy atom. The molecule has 0 unspecified atom stereocenters. The van der Waals surface area contributed by atoms with Gasteiger partial charge in [-0.2, -0.15) is 4.31 Å². The lowest BCUT2D eigenvalue weighted by atomic mass is 9.96. The van der Waals surface area contributed by atoms with Gasteiger partial charge < -0.3 is 9.72 Å². The number of hydrogen-bond donors (Lipinski definition) is 1. The van der Waals surface area contributed by atoms with E-state index in [1.54, 1.807) is 18.3 Å². The second kappa shape index (κ2) is 6.81. The monoisotopic (exact) mass is 362 g/mol. The highest BCUT2D eigenvalue weighted by molar-refractivity contribution is 7.88. The van der Waals surface area contributed by atoms with Crippen LogP contribution in [0.25, 0.3) is 0 Å². The number of ether oxygens (including phenoxy) is 1. The van der Waals surface area contributed by atoms with Crippen LogP contribution in [0.4, 0.5) is 0 Å². The van der Waals surface area contributed by atoms with Crippen molar-refractivity contribution >= 4 is 21.8 Å². The molecule has 0 bridgehead atoms. The Kier molecular flexibility index (Phi) is 4.73. The number of nitrogens with zero attached hydrogens (tertiary/aromatic N) is 1. The molecular formula is C17H18N2O5S. The molecule has 0 aliphatic carbocycles. The summed E-state index contributed by atoms with van der Waals surface area (Å²) in [5.74, 6) is -1.10. The molecule has 2 aromatic rings. The fourth-order valence-electron chi connectivity index (χ4n) is 2.86. The maximum absolute atomic E-state index is 12.4. The summed E-state index contributed by atoms with van der Waals surface area (Å²) < 4.78 is 30.4. The quantitative estimate of drug-likeness (QED) is 0.635. The highest BCUT2D eigenvalue weighted by Crippen LogP contribution is 2.26. The van der Waals surface area contributed by atoms with Crippen LogP contribution in [0.2, 0.25) is 0 Å². The Bertz CT molecular complexity index is 890. The smallest absolute Gasteiger partial charge is 0.325 e. The number of hydrogen-bond acceptors (Lipinski definition) is 5. The number of H-pyrrole nitrogens is 1. The number of Topliss-reactive ketones (excluding diaryl/α,β-unsaturated/α-hetero) is 1. The number of benzene rings is 1. The summed E-state index contributed by atoms with van der Waals surface area (Å²) in [6, 6.07) is 9.64. The third-order valence-electron chi connectivity index (χ3n) is 4.15. The van der Waals surface area contributed by atoms with Crippen molar-refractivity contribution in [3.05, 3.63) is 59.4 Å². The van der Waals surface area contributed by atoms with Crippen LogP contribution in [0.1, 0.15) is 21.6 Å². The zero-order valence-electron chi connectivity index (χ0n) is 13.6. The van der Waals surface area contributed by atoms with Crippen LogP contribution in [0, 0.1) is 0 Å². The summed E-state index contributed by atoms with van der Waals surface area (Å²) in [7, 11) is -3.60. The predicted molar refractivity (Wildman–Crippen MR) is 90.4 cm³/mol. The normalized spacial score (nSPS) is 17.7. The van der Waals surface area contributed by atoms with Crippen molar-refractivity contribution in [2.75, 3.05) is 12.9 Å².